The summed E-state index contributed by atoms with van der Waals surface area (Å²) in [5, 5.41) is 7.62. The minimum atomic E-state index is -3.11. The molecule has 0 aromatic carbocycles. The Kier molecular flexibility index (Phi) is 10.1. The molecule has 3 rings (SSSR count). The van der Waals surface area contributed by atoms with E-state index in [0.29, 0.717) is 20.1 Å². The van der Waals surface area contributed by atoms with Crippen LogP contribution in [0.15, 0.2) is 0 Å². The number of halogens is 2. The Morgan fingerprint density at radius 2 is 1.70 bits per heavy atom. The molecule has 40 heavy (non-hydrogen) atoms. The zero-order valence-electron chi connectivity index (χ0n) is 23.9. The summed E-state index contributed by atoms with van der Waals surface area (Å²) >= 11 is 0. The number of hydrogen-bond donors (Lipinski definition) is 3. The molecular weight excluding hydrogens is 530 g/mol. The lowest BCUT2D eigenvalue weighted by Crippen LogP contribution is -2.59. The molecule has 0 aromatic heterocycles. The SMILES string of the molecule is COC(=O)N[C@H](C(=O)N1CC(C2CCOC2)C[C@H]1C(=O)N[C@@H](CCC(C)(F)F)C(=O)C(=O)NC1CC1)C(C)(C)C. The Morgan fingerprint density at radius 3 is 2.23 bits per heavy atom. The van der Waals surface area contributed by atoms with E-state index >= 15 is 0 Å². The Bertz CT molecular complexity index is 971. The normalized spacial score (nSPS) is 24.7. The van der Waals surface area contributed by atoms with Crippen molar-refractivity contribution in [2.75, 3.05) is 26.9 Å². The number of alkyl carbamates (subject to hydrolysis) is 1. The first kappa shape index (κ1) is 31.7. The van der Waals surface area contributed by atoms with E-state index in [9.17, 15) is 32.8 Å². The van der Waals surface area contributed by atoms with Crippen molar-refractivity contribution in [3.63, 3.8) is 0 Å². The Hall–Kier alpha value is -2.83. The molecule has 3 fully saturated rings. The highest BCUT2D eigenvalue weighted by Gasteiger charge is 2.48. The molecule has 226 valence electrons. The van der Waals surface area contributed by atoms with Crippen molar-refractivity contribution in [1.82, 2.24) is 20.9 Å². The van der Waals surface area contributed by atoms with Gasteiger partial charge in [0, 0.05) is 32.2 Å². The van der Waals surface area contributed by atoms with Crippen LogP contribution >= 0.6 is 0 Å². The summed E-state index contributed by atoms with van der Waals surface area (Å²) in [6.07, 6.45) is 0.512. The second-order valence-electron chi connectivity index (χ2n) is 12.3. The Balaban J connectivity index is 1.84. The minimum absolute atomic E-state index is 0.0896. The van der Waals surface area contributed by atoms with Crippen molar-refractivity contribution in [3.05, 3.63) is 0 Å². The number of carbonyl (C=O) groups is 5. The molecule has 11 nitrogen and oxygen atoms in total. The molecule has 5 atom stereocenters. The summed E-state index contributed by atoms with van der Waals surface area (Å²) in [6, 6.07) is -3.68. The van der Waals surface area contributed by atoms with Crippen molar-refractivity contribution in [3.8, 4) is 0 Å². The Labute approximate surface area is 233 Å². The fraction of sp³-hybridized carbons (Fsp3) is 0.815. The molecule has 1 saturated carbocycles. The molecule has 0 aromatic rings. The molecule has 0 spiro atoms. The maximum absolute atomic E-state index is 13.8. The van der Waals surface area contributed by atoms with Crippen LogP contribution in [-0.2, 0) is 28.7 Å². The standard InChI is InChI=1S/C27H42F2N4O7/c1-26(2,3)21(32-25(38)39-5)24(37)33-13-16(15-9-11-40-14-15)12-19(33)22(35)31-18(8-10-27(4,28)29)20(34)23(36)30-17-6-7-17/h15-19,21H,6-14H2,1-5H3,(H,30,36)(H,31,35)(H,32,38)/t15?,16?,18-,19-,21+/m0/s1. The van der Waals surface area contributed by atoms with Crippen molar-refractivity contribution >= 4 is 29.6 Å². The van der Waals surface area contributed by atoms with E-state index in [1.165, 1.54) is 12.0 Å². The van der Waals surface area contributed by atoms with Gasteiger partial charge in [0.25, 0.3) is 5.91 Å². The number of likely N-dealkylation sites (tertiary alicyclic amines) is 1. The maximum atomic E-state index is 13.8. The fourth-order valence-electron chi connectivity index (χ4n) is 5.19. The largest absolute Gasteiger partial charge is 0.453 e. The maximum Gasteiger partial charge on any atom is 0.407 e. The van der Waals surface area contributed by atoms with Crippen LogP contribution in [0.5, 0.6) is 0 Å². The van der Waals surface area contributed by atoms with Crippen LogP contribution in [0.2, 0.25) is 0 Å². The number of ketones is 1. The van der Waals surface area contributed by atoms with Gasteiger partial charge in [-0.05, 0) is 56.3 Å². The summed E-state index contributed by atoms with van der Waals surface area (Å²) in [4.78, 5) is 66.3. The highest BCUT2D eigenvalue weighted by molar-refractivity contribution is 6.38. The van der Waals surface area contributed by atoms with E-state index in [1.54, 1.807) is 20.8 Å². The van der Waals surface area contributed by atoms with Crippen molar-refractivity contribution < 1.29 is 42.2 Å². The molecule has 4 amide bonds. The zero-order chi connectivity index (χ0) is 29.8. The number of methoxy groups -OCH3 is 1. The topological polar surface area (TPSA) is 143 Å². The average molecular weight is 573 g/mol. The minimum Gasteiger partial charge on any atom is -0.453 e. The quantitative estimate of drug-likeness (QED) is 0.320. The second kappa shape index (κ2) is 12.8. The lowest BCUT2D eigenvalue weighted by atomic mass is 9.85. The zero-order valence-corrected chi connectivity index (χ0v) is 23.9. The van der Waals surface area contributed by atoms with Crippen LogP contribution in [0.1, 0.15) is 66.2 Å². The smallest absolute Gasteiger partial charge is 0.407 e. The van der Waals surface area contributed by atoms with Crippen LogP contribution in [0.4, 0.5) is 13.6 Å². The molecule has 3 N–H and O–H groups in total. The number of nitrogens with one attached hydrogen (secondary N) is 3. The van der Waals surface area contributed by atoms with Gasteiger partial charge < -0.3 is 30.3 Å². The third kappa shape index (κ3) is 8.58. The molecule has 13 heteroatoms. The van der Waals surface area contributed by atoms with Crippen LogP contribution in [0, 0.1) is 17.3 Å². The van der Waals surface area contributed by atoms with Gasteiger partial charge in [-0.3, -0.25) is 19.2 Å². The van der Waals surface area contributed by atoms with Gasteiger partial charge in [0.15, 0.2) is 0 Å². The van der Waals surface area contributed by atoms with Crippen molar-refractivity contribution in [1.29, 1.82) is 0 Å². The van der Waals surface area contributed by atoms with Crippen LogP contribution in [0.3, 0.4) is 0 Å². The lowest BCUT2D eigenvalue weighted by molar-refractivity contribution is -0.144. The summed E-state index contributed by atoms with van der Waals surface area (Å²) in [5.74, 6) is -6.24. The molecule has 1 aliphatic carbocycles. The van der Waals surface area contributed by atoms with Gasteiger partial charge in [-0.2, -0.15) is 0 Å². The lowest BCUT2D eigenvalue weighted by Gasteiger charge is -2.35. The highest BCUT2D eigenvalue weighted by atomic mass is 19.3. The monoisotopic (exact) mass is 572 g/mol. The summed E-state index contributed by atoms with van der Waals surface area (Å²) in [7, 11) is 1.18. The molecule has 2 saturated heterocycles. The molecule has 2 heterocycles. The van der Waals surface area contributed by atoms with Gasteiger partial charge in [-0.1, -0.05) is 20.8 Å². The number of nitrogens with zero attached hydrogens (tertiary/aromatic N) is 1. The van der Waals surface area contributed by atoms with E-state index in [1.807, 2.05) is 0 Å². The molecule has 2 aliphatic heterocycles. The number of Topliss-reactive ketones (excluding diaryl/α,β-unsaturated/α-hetero) is 1. The second-order valence-corrected chi connectivity index (χ2v) is 12.3. The first-order valence-electron chi connectivity index (χ1n) is 13.9. The Morgan fingerprint density at radius 1 is 1.02 bits per heavy atom. The molecule has 3 aliphatic rings. The number of carbonyl (C=O) groups excluding carboxylic acids is 5. The van der Waals surface area contributed by atoms with Crippen molar-refractivity contribution in [2.45, 2.75) is 96.3 Å². The van der Waals surface area contributed by atoms with Gasteiger partial charge in [0.05, 0.1) is 13.2 Å². The highest BCUT2D eigenvalue weighted by Crippen LogP contribution is 2.35. The number of rotatable bonds is 11. The summed E-state index contributed by atoms with van der Waals surface area (Å²) in [6.45, 7) is 7.25. The van der Waals surface area contributed by atoms with Crippen LogP contribution in [-0.4, -0.2) is 91.5 Å². The predicted molar refractivity (Wildman–Crippen MR) is 139 cm³/mol. The predicted octanol–water partition coefficient (Wildman–Crippen LogP) is 1.78. The number of ether oxygens (including phenoxy) is 2. The number of amides is 4. The third-order valence-corrected chi connectivity index (χ3v) is 7.75. The van der Waals surface area contributed by atoms with E-state index in [4.69, 9.17) is 9.47 Å². The van der Waals surface area contributed by atoms with Gasteiger partial charge in [-0.25, -0.2) is 13.6 Å². The first-order chi connectivity index (χ1) is 18.6. The third-order valence-electron chi connectivity index (χ3n) is 7.75. The van der Waals surface area contributed by atoms with Crippen LogP contribution in [0.25, 0.3) is 0 Å². The van der Waals surface area contributed by atoms with E-state index < -0.39 is 71.9 Å². The van der Waals surface area contributed by atoms with E-state index in [-0.39, 0.29) is 30.8 Å². The van der Waals surface area contributed by atoms with E-state index in [2.05, 4.69) is 16.0 Å². The molecule has 0 bridgehead atoms. The van der Waals surface area contributed by atoms with Gasteiger partial charge in [-0.15, -0.1) is 0 Å². The number of hydrogen-bond acceptors (Lipinski definition) is 7. The molecule has 0 radical (unpaired) electrons. The molecule has 2 unspecified atom stereocenters. The summed E-state index contributed by atoms with van der Waals surface area (Å²) < 4.78 is 37.6. The van der Waals surface area contributed by atoms with Gasteiger partial charge >= 0.3 is 6.09 Å². The van der Waals surface area contributed by atoms with Gasteiger partial charge in [0.1, 0.15) is 12.1 Å². The van der Waals surface area contributed by atoms with Gasteiger partial charge in [0.2, 0.25) is 23.5 Å². The van der Waals surface area contributed by atoms with E-state index in [0.717, 1.165) is 19.3 Å². The molecular formula is C27H42F2N4O7. The fourth-order valence-corrected chi connectivity index (χ4v) is 5.19. The number of alkyl halides is 2. The first-order valence-corrected chi connectivity index (χ1v) is 13.9. The summed E-state index contributed by atoms with van der Waals surface area (Å²) in [5.41, 5.74) is -0.743. The van der Waals surface area contributed by atoms with Crippen LogP contribution < -0.4 is 16.0 Å². The van der Waals surface area contributed by atoms with Crippen molar-refractivity contribution in [2.24, 2.45) is 17.3 Å². The average Bonchev–Trinajstić information content (AvgIpc) is 3.32.